The van der Waals surface area contributed by atoms with Crippen LogP contribution in [0.2, 0.25) is 0 Å². The van der Waals surface area contributed by atoms with E-state index in [1.54, 1.807) is 25.3 Å². The Morgan fingerprint density at radius 2 is 1.92 bits per heavy atom. The summed E-state index contributed by atoms with van der Waals surface area (Å²) in [5.41, 5.74) is 1.58. The molecule has 0 bridgehead atoms. The number of hydrogen-bond acceptors (Lipinski definition) is 4. The highest BCUT2D eigenvalue weighted by atomic mass is 16.5. The van der Waals surface area contributed by atoms with Crippen LogP contribution in [0.25, 0.3) is 10.9 Å². The van der Waals surface area contributed by atoms with Gasteiger partial charge in [0.1, 0.15) is 5.75 Å². The highest BCUT2D eigenvalue weighted by molar-refractivity contribution is 5.77. The standard InChI is InChI=1S/C20H21N3O3/c1-26-18-9-5-2-6-15(18)10-12-21-19(24)11-13-23-14-22-17-8-4-3-7-16(17)20(23)25/h2-9,14H,10-13H2,1H3,(H,21,24). The molecule has 134 valence electrons. The summed E-state index contributed by atoms with van der Waals surface area (Å²) in [7, 11) is 1.63. The van der Waals surface area contributed by atoms with Crippen LogP contribution >= 0.6 is 0 Å². The molecule has 1 aromatic heterocycles. The summed E-state index contributed by atoms with van der Waals surface area (Å²) in [6.07, 6.45) is 2.41. The maximum absolute atomic E-state index is 12.4. The third-order valence-electron chi connectivity index (χ3n) is 4.22. The number of nitrogens with zero attached hydrogens (tertiary/aromatic N) is 2. The second-order valence-corrected chi connectivity index (χ2v) is 5.92. The lowest BCUT2D eigenvalue weighted by molar-refractivity contribution is -0.121. The average Bonchev–Trinajstić information content (AvgIpc) is 2.68. The minimum Gasteiger partial charge on any atom is -0.496 e. The predicted octanol–water partition coefficient (Wildman–Crippen LogP) is 2.15. The summed E-state index contributed by atoms with van der Waals surface area (Å²) < 4.78 is 6.77. The van der Waals surface area contributed by atoms with Gasteiger partial charge in [0.25, 0.3) is 5.56 Å². The fraction of sp³-hybridized carbons (Fsp3) is 0.250. The smallest absolute Gasteiger partial charge is 0.261 e. The number of para-hydroxylation sites is 2. The Kier molecular flexibility index (Phi) is 5.63. The van der Waals surface area contributed by atoms with Gasteiger partial charge in [-0.15, -0.1) is 0 Å². The maximum atomic E-state index is 12.4. The number of amides is 1. The number of ether oxygens (including phenoxy) is 1. The van der Waals surface area contributed by atoms with Crippen molar-refractivity contribution in [1.29, 1.82) is 0 Å². The number of aryl methyl sites for hydroxylation is 1. The minimum atomic E-state index is -0.127. The number of carbonyl (C=O) groups is 1. The molecule has 0 fully saturated rings. The van der Waals surface area contributed by atoms with Crippen LogP contribution < -0.4 is 15.6 Å². The van der Waals surface area contributed by atoms with Crippen molar-refractivity contribution in [3.05, 3.63) is 70.8 Å². The summed E-state index contributed by atoms with van der Waals surface area (Å²) >= 11 is 0. The highest BCUT2D eigenvalue weighted by Gasteiger charge is 2.07. The summed E-state index contributed by atoms with van der Waals surface area (Å²) in [6, 6.07) is 14.9. The molecule has 6 nitrogen and oxygen atoms in total. The van der Waals surface area contributed by atoms with E-state index in [1.165, 1.54) is 10.9 Å². The number of methoxy groups -OCH3 is 1. The number of rotatable bonds is 7. The molecule has 2 aromatic carbocycles. The Morgan fingerprint density at radius 1 is 1.15 bits per heavy atom. The maximum Gasteiger partial charge on any atom is 0.261 e. The molecular formula is C20H21N3O3. The minimum absolute atomic E-state index is 0.0973. The Labute approximate surface area is 151 Å². The van der Waals surface area contributed by atoms with Gasteiger partial charge in [-0.3, -0.25) is 14.2 Å². The highest BCUT2D eigenvalue weighted by Crippen LogP contribution is 2.17. The normalized spacial score (nSPS) is 10.7. The van der Waals surface area contributed by atoms with Crippen LogP contribution in [-0.2, 0) is 17.8 Å². The molecule has 0 aliphatic heterocycles. The van der Waals surface area contributed by atoms with E-state index in [0.717, 1.165) is 11.3 Å². The fourth-order valence-electron chi connectivity index (χ4n) is 2.82. The Bertz CT molecular complexity index is 966. The van der Waals surface area contributed by atoms with E-state index < -0.39 is 0 Å². The molecule has 0 radical (unpaired) electrons. The van der Waals surface area contributed by atoms with Crippen LogP contribution in [0.3, 0.4) is 0 Å². The second-order valence-electron chi connectivity index (χ2n) is 5.92. The molecule has 3 rings (SSSR count). The number of hydrogen-bond donors (Lipinski definition) is 1. The van der Waals surface area contributed by atoms with Gasteiger partial charge in [-0.1, -0.05) is 30.3 Å². The Balaban J connectivity index is 1.53. The zero-order valence-corrected chi connectivity index (χ0v) is 14.6. The molecule has 0 saturated carbocycles. The van der Waals surface area contributed by atoms with E-state index in [2.05, 4.69) is 10.3 Å². The summed E-state index contributed by atoms with van der Waals surface area (Å²) in [6.45, 7) is 0.821. The van der Waals surface area contributed by atoms with Gasteiger partial charge >= 0.3 is 0 Å². The first-order chi connectivity index (χ1) is 12.7. The van der Waals surface area contributed by atoms with Gasteiger partial charge in [0, 0.05) is 19.5 Å². The monoisotopic (exact) mass is 351 g/mol. The Morgan fingerprint density at radius 3 is 2.77 bits per heavy atom. The van der Waals surface area contributed by atoms with Crippen LogP contribution in [0.1, 0.15) is 12.0 Å². The molecule has 0 unspecified atom stereocenters. The first-order valence-corrected chi connectivity index (χ1v) is 8.52. The average molecular weight is 351 g/mol. The molecule has 6 heteroatoms. The first-order valence-electron chi connectivity index (χ1n) is 8.52. The predicted molar refractivity (Wildman–Crippen MR) is 100 cm³/mol. The number of carbonyl (C=O) groups excluding carboxylic acids is 1. The quantitative estimate of drug-likeness (QED) is 0.708. The van der Waals surface area contributed by atoms with Crippen molar-refractivity contribution in [2.45, 2.75) is 19.4 Å². The SMILES string of the molecule is COc1ccccc1CCNC(=O)CCn1cnc2ccccc2c1=O. The number of aromatic nitrogens is 2. The van der Waals surface area contributed by atoms with Crippen LogP contribution in [-0.4, -0.2) is 29.1 Å². The first kappa shape index (κ1) is 17.7. The van der Waals surface area contributed by atoms with Crippen molar-refractivity contribution >= 4 is 16.8 Å². The number of nitrogens with one attached hydrogen (secondary N) is 1. The summed E-state index contributed by atoms with van der Waals surface area (Å²) in [4.78, 5) is 28.7. The van der Waals surface area contributed by atoms with Crippen LogP contribution in [0.5, 0.6) is 5.75 Å². The van der Waals surface area contributed by atoms with Gasteiger partial charge in [-0.25, -0.2) is 4.98 Å². The lowest BCUT2D eigenvalue weighted by Crippen LogP contribution is -2.29. The molecule has 0 aliphatic rings. The van der Waals surface area contributed by atoms with Crippen LogP contribution in [0.4, 0.5) is 0 Å². The van der Waals surface area contributed by atoms with Gasteiger partial charge in [-0.2, -0.15) is 0 Å². The molecule has 1 N–H and O–H groups in total. The van der Waals surface area contributed by atoms with E-state index in [4.69, 9.17) is 4.74 Å². The van der Waals surface area contributed by atoms with E-state index in [1.807, 2.05) is 30.3 Å². The number of fused-ring (bicyclic) bond motifs is 1. The van der Waals surface area contributed by atoms with Gasteiger partial charge in [0.2, 0.25) is 5.91 Å². The van der Waals surface area contributed by atoms with Crippen molar-refractivity contribution in [2.75, 3.05) is 13.7 Å². The molecule has 1 heterocycles. The van der Waals surface area contributed by atoms with Crippen molar-refractivity contribution in [3.63, 3.8) is 0 Å². The molecular weight excluding hydrogens is 330 g/mol. The molecule has 0 aliphatic carbocycles. The van der Waals surface area contributed by atoms with Gasteiger partial charge < -0.3 is 10.1 Å². The van der Waals surface area contributed by atoms with Crippen molar-refractivity contribution < 1.29 is 9.53 Å². The molecule has 0 saturated heterocycles. The van der Waals surface area contributed by atoms with Crippen LogP contribution in [0.15, 0.2) is 59.7 Å². The zero-order chi connectivity index (χ0) is 18.4. The van der Waals surface area contributed by atoms with Gasteiger partial charge in [0.15, 0.2) is 0 Å². The summed E-state index contributed by atoms with van der Waals surface area (Å²) in [5.74, 6) is 0.718. The lowest BCUT2D eigenvalue weighted by atomic mass is 10.1. The molecule has 0 atom stereocenters. The topological polar surface area (TPSA) is 73.2 Å². The van der Waals surface area contributed by atoms with Gasteiger partial charge in [0.05, 0.1) is 24.3 Å². The van der Waals surface area contributed by atoms with E-state index >= 15 is 0 Å². The second kappa shape index (κ2) is 8.29. The van der Waals surface area contributed by atoms with Crippen molar-refractivity contribution in [2.24, 2.45) is 0 Å². The molecule has 26 heavy (non-hydrogen) atoms. The molecule has 1 amide bonds. The molecule has 3 aromatic rings. The lowest BCUT2D eigenvalue weighted by Gasteiger charge is -2.10. The van der Waals surface area contributed by atoms with E-state index in [0.29, 0.717) is 30.4 Å². The van der Waals surface area contributed by atoms with Crippen molar-refractivity contribution in [3.8, 4) is 5.75 Å². The molecule has 0 spiro atoms. The van der Waals surface area contributed by atoms with E-state index in [-0.39, 0.29) is 17.9 Å². The number of benzene rings is 2. The third kappa shape index (κ3) is 4.08. The van der Waals surface area contributed by atoms with Crippen molar-refractivity contribution in [1.82, 2.24) is 14.9 Å². The largest absolute Gasteiger partial charge is 0.496 e. The fourth-order valence-corrected chi connectivity index (χ4v) is 2.82. The van der Waals surface area contributed by atoms with E-state index in [9.17, 15) is 9.59 Å². The van der Waals surface area contributed by atoms with Crippen LogP contribution in [0, 0.1) is 0 Å². The van der Waals surface area contributed by atoms with Gasteiger partial charge in [-0.05, 0) is 30.2 Å². The Hall–Kier alpha value is -3.15. The zero-order valence-electron chi connectivity index (χ0n) is 14.6. The third-order valence-corrected chi connectivity index (χ3v) is 4.22. The summed E-state index contributed by atoms with van der Waals surface area (Å²) in [5, 5.41) is 3.44.